The second kappa shape index (κ2) is 45.3. The van der Waals surface area contributed by atoms with Gasteiger partial charge in [-0.25, -0.2) is 0 Å². The van der Waals surface area contributed by atoms with Crippen molar-refractivity contribution in [1.29, 1.82) is 0 Å². The molecule has 6 nitrogen and oxygen atoms in total. The molecule has 0 bridgehead atoms. The normalized spacial score (nSPS) is 12.8. The molecule has 0 spiro atoms. The molecule has 57 heavy (non-hydrogen) atoms. The molecule has 0 radical (unpaired) electrons. The van der Waals surface area contributed by atoms with Crippen LogP contribution in [0, 0.1) is 0 Å². The quantitative estimate of drug-likeness (QED) is 0.0266. The first-order chi connectivity index (χ1) is 28.0. The lowest BCUT2D eigenvalue weighted by Gasteiger charge is -2.18. The molecule has 0 rings (SSSR count). The highest BCUT2D eigenvalue weighted by Crippen LogP contribution is 2.12. The van der Waals surface area contributed by atoms with Crippen LogP contribution in [0.25, 0.3) is 0 Å². The topological polar surface area (TPSA) is 78.9 Å². The van der Waals surface area contributed by atoms with E-state index in [1.165, 1.54) is 32.1 Å². The summed E-state index contributed by atoms with van der Waals surface area (Å²) in [5, 5.41) is 0. The minimum atomic E-state index is -0.775. The Kier molecular flexibility index (Phi) is 42.6. The number of allylic oxidation sites excluding steroid dienone is 14. The zero-order valence-electron chi connectivity index (χ0n) is 36.8. The molecule has 324 valence electrons. The lowest BCUT2D eigenvalue weighted by molar-refractivity contribution is -0.167. The molecule has 0 heterocycles. The first kappa shape index (κ1) is 53.6. The third-order valence-electron chi connectivity index (χ3n) is 9.41. The predicted molar refractivity (Wildman–Crippen MR) is 242 cm³/mol. The van der Waals surface area contributed by atoms with Gasteiger partial charge in [-0.3, -0.25) is 14.4 Å². The zero-order chi connectivity index (χ0) is 41.5. The van der Waals surface area contributed by atoms with Crippen molar-refractivity contribution in [3.63, 3.8) is 0 Å². The molecule has 1 unspecified atom stereocenters. The first-order valence-electron chi connectivity index (χ1n) is 23.1. The van der Waals surface area contributed by atoms with Crippen molar-refractivity contribution in [1.82, 2.24) is 0 Å². The molecule has 0 fully saturated rings. The second-order valence-electron chi connectivity index (χ2n) is 14.9. The summed E-state index contributed by atoms with van der Waals surface area (Å²) in [7, 11) is 0. The minimum Gasteiger partial charge on any atom is -0.462 e. The maximum atomic E-state index is 12.5. The maximum absolute atomic E-state index is 12.5. The van der Waals surface area contributed by atoms with Crippen molar-refractivity contribution >= 4 is 17.9 Å². The number of carbonyl (C=O) groups excluding carboxylic acids is 3. The number of esters is 3. The fraction of sp³-hybridized carbons (Fsp3) is 0.667. The number of carbonyl (C=O) groups is 3. The molecule has 0 saturated heterocycles. The van der Waals surface area contributed by atoms with Gasteiger partial charge in [0.15, 0.2) is 6.10 Å². The molecular weight excluding hydrogens is 709 g/mol. The third-order valence-corrected chi connectivity index (χ3v) is 9.41. The van der Waals surface area contributed by atoms with Crippen LogP contribution in [-0.2, 0) is 28.6 Å². The summed E-state index contributed by atoms with van der Waals surface area (Å²) in [6.45, 7) is 6.35. The Bertz CT molecular complexity index is 1140. The highest BCUT2D eigenvalue weighted by Gasteiger charge is 2.19. The molecule has 0 N–H and O–H groups in total. The van der Waals surface area contributed by atoms with E-state index in [4.69, 9.17) is 14.2 Å². The van der Waals surface area contributed by atoms with Crippen LogP contribution in [0.3, 0.4) is 0 Å². The van der Waals surface area contributed by atoms with Gasteiger partial charge in [0.25, 0.3) is 0 Å². The fourth-order valence-corrected chi connectivity index (χ4v) is 5.95. The average molecular weight is 793 g/mol. The highest BCUT2D eigenvalue weighted by atomic mass is 16.6. The fourth-order valence-electron chi connectivity index (χ4n) is 5.95. The smallest absolute Gasteiger partial charge is 0.306 e. The zero-order valence-corrected chi connectivity index (χ0v) is 36.8. The monoisotopic (exact) mass is 793 g/mol. The van der Waals surface area contributed by atoms with Gasteiger partial charge in [-0.2, -0.15) is 0 Å². The van der Waals surface area contributed by atoms with Crippen molar-refractivity contribution in [3.8, 4) is 0 Å². The molecule has 0 aliphatic rings. The Morgan fingerprint density at radius 2 is 0.684 bits per heavy atom. The Hall–Kier alpha value is -3.41. The van der Waals surface area contributed by atoms with E-state index >= 15 is 0 Å². The Morgan fingerprint density at radius 1 is 0.368 bits per heavy atom. The highest BCUT2D eigenvalue weighted by molar-refractivity contribution is 5.71. The second-order valence-corrected chi connectivity index (χ2v) is 14.9. The molecule has 0 aromatic rings. The lowest BCUT2D eigenvalue weighted by atomic mass is 10.1. The minimum absolute atomic E-state index is 0.0837. The lowest BCUT2D eigenvalue weighted by Crippen LogP contribution is -2.30. The summed E-state index contributed by atoms with van der Waals surface area (Å²) in [6.07, 6.45) is 57.6. The summed E-state index contributed by atoms with van der Waals surface area (Å²) in [6, 6.07) is 0. The van der Waals surface area contributed by atoms with E-state index < -0.39 is 6.10 Å². The van der Waals surface area contributed by atoms with Crippen LogP contribution in [0.2, 0.25) is 0 Å². The molecule has 0 aliphatic heterocycles. The molecular formula is C51H84O6. The Labute approximate surface area is 350 Å². The van der Waals surface area contributed by atoms with E-state index in [0.29, 0.717) is 19.3 Å². The van der Waals surface area contributed by atoms with Crippen molar-refractivity contribution in [2.45, 2.75) is 207 Å². The number of hydrogen-bond acceptors (Lipinski definition) is 6. The average Bonchev–Trinajstić information content (AvgIpc) is 3.21. The summed E-state index contributed by atoms with van der Waals surface area (Å²) in [5.41, 5.74) is 0. The van der Waals surface area contributed by atoms with E-state index in [2.05, 4.69) is 106 Å². The van der Waals surface area contributed by atoms with Crippen LogP contribution in [0.5, 0.6) is 0 Å². The Morgan fingerprint density at radius 3 is 1.07 bits per heavy atom. The number of ether oxygens (including phenoxy) is 3. The van der Waals surface area contributed by atoms with Crippen LogP contribution in [0.1, 0.15) is 201 Å². The van der Waals surface area contributed by atoms with Crippen LogP contribution in [-0.4, -0.2) is 37.2 Å². The van der Waals surface area contributed by atoms with Gasteiger partial charge in [0.2, 0.25) is 0 Å². The number of hydrogen-bond donors (Lipinski definition) is 0. The van der Waals surface area contributed by atoms with Gasteiger partial charge in [-0.1, -0.05) is 189 Å². The van der Waals surface area contributed by atoms with Gasteiger partial charge in [-0.15, -0.1) is 0 Å². The van der Waals surface area contributed by atoms with Crippen molar-refractivity contribution < 1.29 is 28.6 Å². The standard InChI is InChI=1S/C51H84O6/c1-4-7-10-13-15-16-17-18-19-20-21-22-23-24-25-26-27-28-29-30-31-32-33-34-36-38-41-44-50(53)56-47-48(46-55-49(52)43-40-37-12-9-6-3)57-51(54)45-42-39-35-14-11-8-5-2/h7,10,15-16,18-19,21-22,24-25,27-28,30-31,48H,4-6,8-9,11-14,17,20,23,26,29,32-47H2,1-3H3/b10-7-,16-15-,19-18-,22-21-,25-24-,28-27-,31-30-. The van der Waals surface area contributed by atoms with Crippen LogP contribution < -0.4 is 0 Å². The van der Waals surface area contributed by atoms with Crippen molar-refractivity contribution in [3.05, 3.63) is 85.1 Å². The largest absolute Gasteiger partial charge is 0.462 e. The molecule has 0 aliphatic carbocycles. The van der Waals surface area contributed by atoms with Gasteiger partial charge < -0.3 is 14.2 Å². The molecule has 0 amide bonds. The molecule has 0 aromatic heterocycles. The molecule has 6 heteroatoms. The molecule has 1 atom stereocenters. The van der Waals surface area contributed by atoms with Crippen LogP contribution in [0.15, 0.2) is 85.1 Å². The van der Waals surface area contributed by atoms with Crippen LogP contribution >= 0.6 is 0 Å². The van der Waals surface area contributed by atoms with E-state index in [1.807, 2.05) is 0 Å². The predicted octanol–water partition coefficient (Wildman–Crippen LogP) is 14.9. The van der Waals surface area contributed by atoms with Crippen molar-refractivity contribution in [2.24, 2.45) is 0 Å². The summed E-state index contributed by atoms with van der Waals surface area (Å²) in [4.78, 5) is 37.3. The first-order valence-corrected chi connectivity index (χ1v) is 23.1. The van der Waals surface area contributed by atoms with Crippen molar-refractivity contribution in [2.75, 3.05) is 13.2 Å². The van der Waals surface area contributed by atoms with Gasteiger partial charge >= 0.3 is 17.9 Å². The Balaban J connectivity index is 4.09. The third kappa shape index (κ3) is 43.6. The van der Waals surface area contributed by atoms with Gasteiger partial charge in [0.1, 0.15) is 13.2 Å². The molecule has 0 aromatic carbocycles. The summed E-state index contributed by atoms with van der Waals surface area (Å²) < 4.78 is 16.5. The molecule has 0 saturated carbocycles. The van der Waals surface area contributed by atoms with Gasteiger partial charge in [-0.05, 0) is 77.0 Å². The van der Waals surface area contributed by atoms with E-state index in [1.54, 1.807) is 0 Å². The number of rotatable bonds is 40. The SMILES string of the molecule is CC/C=C\C/C=C\C/C=C\C/C=C\C/C=C\C/C=C\C/C=C\CCCCCCCC(=O)OCC(COC(=O)CCCCCCC)OC(=O)CCCCCCCCC. The van der Waals surface area contributed by atoms with Gasteiger partial charge in [0, 0.05) is 19.3 Å². The van der Waals surface area contributed by atoms with Crippen LogP contribution in [0.4, 0.5) is 0 Å². The maximum Gasteiger partial charge on any atom is 0.306 e. The van der Waals surface area contributed by atoms with Gasteiger partial charge in [0.05, 0.1) is 0 Å². The van der Waals surface area contributed by atoms with E-state index in [-0.39, 0.29) is 31.1 Å². The summed E-state index contributed by atoms with van der Waals surface area (Å²) >= 11 is 0. The summed E-state index contributed by atoms with van der Waals surface area (Å²) in [5.74, 6) is -0.933. The number of unbranched alkanes of at least 4 members (excludes halogenated alkanes) is 15. The van der Waals surface area contributed by atoms with E-state index in [9.17, 15) is 14.4 Å². The van der Waals surface area contributed by atoms with E-state index in [0.717, 1.165) is 128 Å².